The standard InChI is InChI=1S/C13H19N3O2S/c1-9-4-3-5-11(13(14)15)12(9)16(2)10-6-7-19(17,18)8-10/h3-5,10H,6-8H2,1-2H3,(H3,14,15). The van der Waals surface area contributed by atoms with E-state index in [1.807, 2.05) is 31.0 Å². The van der Waals surface area contributed by atoms with Gasteiger partial charge in [0.05, 0.1) is 17.2 Å². The summed E-state index contributed by atoms with van der Waals surface area (Å²) in [6.07, 6.45) is 0.629. The minimum absolute atomic E-state index is 0.00593. The summed E-state index contributed by atoms with van der Waals surface area (Å²) in [6, 6.07) is 5.56. The van der Waals surface area contributed by atoms with Gasteiger partial charge in [0.2, 0.25) is 0 Å². The Morgan fingerprint density at radius 2 is 2.16 bits per heavy atom. The molecule has 1 heterocycles. The highest BCUT2D eigenvalue weighted by atomic mass is 32.2. The molecule has 1 atom stereocenters. The number of rotatable bonds is 3. The first-order valence-electron chi connectivity index (χ1n) is 6.19. The van der Waals surface area contributed by atoms with Crippen LogP contribution in [0.15, 0.2) is 18.2 Å². The lowest BCUT2D eigenvalue weighted by Crippen LogP contribution is -2.34. The summed E-state index contributed by atoms with van der Waals surface area (Å²) < 4.78 is 23.2. The van der Waals surface area contributed by atoms with Crippen molar-refractivity contribution in [1.29, 1.82) is 5.41 Å². The molecule has 0 bridgehead atoms. The van der Waals surface area contributed by atoms with Crippen molar-refractivity contribution in [2.45, 2.75) is 19.4 Å². The Hall–Kier alpha value is -1.56. The first-order chi connectivity index (χ1) is 8.82. The molecule has 1 aliphatic rings. The van der Waals surface area contributed by atoms with Crippen molar-refractivity contribution < 1.29 is 8.42 Å². The van der Waals surface area contributed by atoms with Crippen molar-refractivity contribution in [2.24, 2.45) is 5.73 Å². The number of nitrogens with one attached hydrogen (secondary N) is 1. The van der Waals surface area contributed by atoms with Crippen molar-refractivity contribution in [3.8, 4) is 0 Å². The van der Waals surface area contributed by atoms with E-state index in [1.165, 1.54) is 0 Å². The van der Waals surface area contributed by atoms with Gasteiger partial charge in [0, 0.05) is 18.7 Å². The first kappa shape index (κ1) is 13.9. The van der Waals surface area contributed by atoms with E-state index in [9.17, 15) is 8.42 Å². The minimum atomic E-state index is -2.92. The summed E-state index contributed by atoms with van der Waals surface area (Å²) >= 11 is 0. The summed E-state index contributed by atoms with van der Waals surface area (Å²) in [4.78, 5) is 1.95. The van der Waals surface area contributed by atoms with Crippen LogP contribution in [0.5, 0.6) is 0 Å². The highest BCUT2D eigenvalue weighted by Crippen LogP contribution is 2.29. The number of sulfone groups is 1. The van der Waals surface area contributed by atoms with Crippen LogP contribution in [0.1, 0.15) is 17.5 Å². The molecule has 1 fully saturated rings. The number of hydrogen-bond acceptors (Lipinski definition) is 4. The molecule has 19 heavy (non-hydrogen) atoms. The Morgan fingerprint density at radius 3 is 2.68 bits per heavy atom. The molecule has 0 amide bonds. The molecule has 1 unspecified atom stereocenters. The Morgan fingerprint density at radius 1 is 1.47 bits per heavy atom. The van der Waals surface area contributed by atoms with Gasteiger partial charge in [0.25, 0.3) is 0 Å². The maximum atomic E-state index is 11.6. The van der Waals surface area contributed by atoms with Crippen LogP contribution in [0.2, 0.25) is 0 Å². The molecule has 3 N–H and O–H groups in total. The highest BCUT2D eigenvalue weighted by Gasteiger charge is 2.32. The van der Waals surface area contributed by atoms with Gasteiger partial charge >= 0.3 is 0 Å². The third-order valence-corrected chi connectivity index (χ3v) is 5.39. The second-order valence-electron chi connectivity index (χ2n) is 5.05. The van der Waals surface area contributed by atoms with E-state index in [0.29, 0.717) is 12.0 Å². The monoisotopic (exact) mass is 281 g/mol. The number of para-hydroxylation sites is 1. The lowest BCUT2D eigenvalue weighted by atomic mass is 10.0. The molecule has 1 aromatic rings. The van der Waals surface area contributed by atoms with E-state index < -0.39 is 9.84 Å². The molecule has 1 aromatic carbocycles. The molecule has 0 spiro atoms. The molecule has 0 radical (unpaired) electrons. The van der Waals surface area contributed by atoms with Crippen molar-refractivity contribution in [3.05, 3.63) is 29.3 Å². The van der Waals surface area contributed by atoms with E-state index in [-0.39, 0.29) is 23.4 Å². The van der Waals surface area contributed by atoms with Crippen molar-refractivity contribution in [1.82, 2.24) is 0 Å². The number of nitrogen functional groups attached to an aromatic ring is 1. The van der Waals surface area contributed by atoms with Gasteiger partial charge in [-0.15, -0.1) is 0 Å². The normalized spacial score (nSPS) is 21.3. The average molecular weight is 281 g/mol. The summed E-state index contributed by atoms with van der Waals surface area (Å²) in [6.45, 7) is 1.95. The van der Waals surface area contributed by atoms with E-state index >= 15 is 0 Å². The zero-order valence-electron chi connectivity index (χ0n) is 11.2. The average Bonchev–Trinajstić information content (AvgIpc) is 2.68. The van der Waals surface area contributed by atoms with Gasteiger partial charge in [-0.3, -0.25) is 5.41 Å². The predicted molar refractivity (Wildman–Crippen MR) is 77.7 cm³/mol. The predicted octanol–water partition coefficient (Wildman–Crippen LogP) is 0.902. The van der Waals surface area contributed by atoms with Crippen molar-refractivity contribution in [2.75, 3.05) is 23.5 Å². The molecule has 2 rings (SSSR count). The fourth-order valence-electron chi connectivity index (χ4n) is 2.61. The van der Waals surface area contributed by atoms with Crippen molar-refractivity contribution >= 4 is 21.4 Å². The second-order valence-corrected chi connectivity index (χ2v) is 7.28. The second kappa shape index (κ2) is 4.85. The molecule has 104 valence electrons. The van der Waals surface area contributed by atoms with Gasteiger partial charge in [-0.25, -0.2) is 8.42 Å². The first-order valence-corrected chi connectivity index (χ1v) is 8.01. The molecule has 6 heteroatoms. The van der Waals surface area contributed by atoms with Crippen LogP contribution in [-0.2, 0) is 9.84 Å². The van der Waals surface area contributed by atoms with Gasteiger partial charge in [0.1, 0.15) is 5.84 Å². The molecule has 5 nitrogen and oxygen atoms in total. The van der Waals surface area contributed by atoms with E-state index in [2.05, 4.69) is 0 Å². The molecular formula is C13H19N3O2S. The van der Waals surface area contributed by atoms with Crippen LogP contribution in [0, 0.1) is 12.3 Å². The summed E-state index contributed by atoms with van der Waals surface area (Å²) in [5, 5.41) is 7.65. The van der Waals surface area contributed by atoms with Gasteiger partial charge < -0.3 is 10.6 Å². The number of hydrogen-bond donors (Lipinski definition) is 2. The Labute approximate surface area is 113 Å². The zero-order valence-corrected chi connectivity index (χ0v) is 12.0. The van der Waals surface area contributed by atoms with E-state index in [0.717, 1.165) is 11.3 Å². The van der Waals surface area contributed by atoms with Crippen LogP contribution in [0.4, 0.5) is 5.69 Å². The van der Waals surface area contributed by atoms with Crippen LogP contribution in [-0.4, -0.2) is 38.8 Å². The van der Waals surface area contributed by atoms with Gasteiger partial charge in [-0.05, 0) is 25.0 Å². The van der Waals surface area contributed by atoms with Crippen molar-refractivity contribution in [3.63, 3.8) is 0 Å². The largest absolute Gasteiger partial charge is 0.384 e. The molecular weight excluding hydrogens is 262 g/mol. The number of nitrogens with two attached hydrogens (primary N) is 1. The maximum absolute atomic E-state index is 11.6. The molecule has 0 saturated carbocycles. The summed E-state index contributed by atoms with van der Waals surface area (Å²) in [5.74, 6) is 0.421. The van der Waals surface area contributed by atoms with E-state index in [1.54, 1.807) is 6.07 Å². The summed E-state index contributed by atoms with van der Waals surface area (Å²) in [5.41, 5.74) is 8.13. The Balaban J connectivity index is 2.39. The number of benzene rings is 1. The third kappa shape index (κ3) is 2.73. The topological polar surface area (TPSA) is 87.2 Å². The number of amidine groups is 1. The number of aryl methyl sites for hydroxylation is 1. The van der Waals surface area contributed by atoms with Gasteiger partial charge in [0.15, 0.2) is 9.84 Å². The molecule has 1 aliphatic heterocycles. The lowest BCUT2D eigenvalue weighted by Gasteiger charge is -2.29. The van der Waals surface area contributed by atoms with E-state index in [4.69, 9.17) is 11.1 Å². The quantitative estimate of drug-likeness (QED) is 0.636. The zero-order chi connectivity index (χ0) is 14.2. The SMILES string of the molecule is Cc1cccc(C(=N)N)c1N(C)C1CCS(=O)(=O)C1. The highest BCUT2D eigenvalue weighted by molar-refractivity contribution is 7.91. The van der Waals surface area contributed by atoms with Crippen LogP contribution in [0.3, 0.4) is 0 Å². The van der Waals surface area contributed by atoms with Crippen LogP contribution in [0.25, 0.3) is 0 Å². The number of nitrogens with zero attached hydrogens (tertiary/aromatic N) is 1. The smallest absolute Gasteiger partial charge is 0.152 e. The van der Waals surface area contributed by atoms with Gasteiger partial charge in [-0.1, -0.05) is 12.1 Å². The fraction of sp³-hybridized carbons (Fsp3) is 0.462. The van der Waals surface area contributed by atoms with Crippen LogP contribution < -0.4 is 10.6 Å². The fourth-order valence-corrected chi connectivity index (χ4v) is 4.38. The van der Waals surface area contributed by atoms with Gasteiger partial charge in [-0.2, -0.15) is 0 Å². The Kier molecular flexibility index (Phi) is 3.54. The third-order valence-electron chi connectivity index (χ3n) is 3.64. The molecule has 0 aliphatic carbocycles. The van der Waals surface area contributed by atoms with Crippen LogP contribution >= 0.6 is 0 Å². The number of anilines is 1. The summed E-state index contributed by atoms with van der Waals surface area (Å²) in [7, 11) is -1.05. The Bertz CT molecular complexity index is 610. The molecule has 1 saturated heterocycles. The minimum Gasteiger partial charge on any atom is -0.384 e. The molecule has 0 aromatic heterocycles. The maximum Gasteiger partial charge on any atom is 0.152 e. The lowest BCUT2D eigenvalue weighted by molar-refractivity contribution is 0.601.